The van der Waals surface area contributed by atoms with E-state index in [-0.39, 0.29) is 5.82 Å². The van der Waals surface area contributed by atoms with Crippen LogP contribution in [0.5, 0.6) is 5.75 Å². The van der Waals surface area contributed by atoms with Crippen LogP contribution < -0.4 is 4.74 Å². The molecular formula is C17H15FO. The lowest BCUT2D eigenvalue weighted by Gasteiger charge is -2.05. The molecule has 0 saturated carbocycles. The Kier molecular flexibility index (Phi) is 3.87. The maximum absolute atomic E-state index is 13.6. The molecule has 2 heteroatoms. The van der Waals surface area contributed by atoms with Gasteiger partial charge in [0.25, 0.3) is 0 Å². The van der Waals surface area contributed by atoms with E-state index in [1.54, 1.807) is 20.1 Å². The van der Waals surface area contributed by atoms with Crippen LogP contribution >= 0.6 is 0 Å². The van der Waals surface area contributed by atoms with E-state index in [9.17, 15) is 4.39 Å². The number of ether oxygens (including phenoxy) is 1. The van der Waals surface area contributed by atoms with Crippen molar-refractivity contribution < 1.29 is 9.13 Å². The second-order valence-electron chi connectivity index (χ2n) is 4.42. The highest BCUT2D eigenvalue weighted by molar-refractivity contribution is 5.51. The molecule has 0 unspecified atom stereocenters. The first-order chi connectivity index (χ1) is 9.10. The molecule has 0 aliphatic heterocycles. The molecule has 0 heterocycles. The van der Waals surface area contributed by atoms with E-state index in [1.165, 1.54) is 11.6 Å². The molecule has 0 aliphatic carbocycles. The topological polar surface area (TPSA) is 9.23 Å². The third kappa shape index (κ3) is 3.14. The van der Waals surface area contributed by atoms with E-state index in [0.29, 0.717) is 16.9 Å². The minimum absolute atomic E-state index is 0.269. The Morgan fingerprint density at radius 1 is 1.00 bits per heavy atom. The van der Waals surface area contributed by atoms with Crippen LogP contribution in [-0.2, 0) is 0 Å². The summed E-state index contributed by atoms with van der Waals surface area (Å²) in [6.07, 6.45) is 0. The summed E-state index contributed by atoms with van der Waals surface area (Å²) in [7, 11) is 1.56. The number of rotatable bonds is 1. The summed E-state index contributed by atoms with van der Waals surface area (Å²) >= 11 is 0. The molecule has 0 aliphatic rings. The van der Waals surface area contributed by atoms with Gasteiger partial charge in [0.15, 0.2) is 0 Å². The van der Waals surface area contributed by atoms with E-state index in [0.717, 1.165) is 5.56 Å². The van der Waals surface area contributed by atoms with E-state index < -0.39 is 0 Å². The van der Waals surface area contributed by atoms with E-state index in [2.05, 4.69) is 11.8 Å². The van der Waals surface area contributed by atoms with Crippen molar-refractivity contribution in [2.45, 2.75) is 13.8 Å². The lowest BCUT2D eigenvalue weighted by atomic mass is 10.1. The van der Waals surface area contributed by atoms with Gasteiger partial charge in [-0.25, -0.2) is 4.39 Å². The molecular weight excluding hydrogens is 239 g/mol. The maximum Gasteiger partial charge on any atom is 0.134 e. The van der Waals surface area contributed by atoms with Crippen LogP contribution in [0, 0.1) is 31.5 Å². The second-order valence-corrected chi connectivity index (χ2v) is 4.42. The zero-order valence-electron chi connectivity index (χ0n) is 11.3. The summed E-state index contributed by atoms with van der Waals surface area (Å²) in [4.78, 5) is 0. The number of methoxy groups -OCH3 is 1. The van der Waals surface area contributed by atoms with Crippen molar-refractivity contribution >= 4 is 0 Å². The van der Waals surface area contributed by atoms with Crippen molar-refractivity contribution in [2.75, 3.05) is 7.11 Å². The molecule has 0 bridgehead atoms. The van der Waals surface area contributed by atoms with Crippen molar-refractivity contribution in [3.63, 3.8) is 0 Å². The monoisotopic (exact) mass is 254 g/mol. The summed E-state index contributed by atoms with van der Waals surface area (Å²) in [5.74, 6) is 6.29. The molecule has 0 N–H and O–H groups in total. The third-order valence-electron chi connectivity index (χ3n) is 2.87. The summed E-state index contributed by atoms with van der Waals surface area (Å²) in [6, 6.07) is 11.0. The molecule has 0 saturated heterocycles. The van der Waals surface area contributed by atoms with E-state index in [1.807, 2.05) is 31.2 Å². The van der Waals surface area contributed by atoms with Crippen LogP contribution in [0.1, 0.15) is 22.3 Å². The Morgan fingerprint density at radius 2 is 1.68 bits per heavy atom. The number of hydrogen-bond donors (Lipinski definition) is 0. The zero-order chi connectivity index (χ0) is 13.8. The SMILES string of the molecule is COc1cc(C)c(F)cc1C#Cc1ccc(C)cc1. The van der Waals surface area contributed by atoms with Gasteiger partial charge in [-0.05, 0) is 43.7 Å². The van der Waals surface area contributed by atoms with Crippen LogP contribution in [0.25, 0.3) is 0 Å². The van der Waals surface area contributed by atoms with Gasteiger partial charge in [0.05, 0.1) is 12.7 Å². The molecule has 1 nitrogen and oxygen atoms in total. The predicted molar refractivity (Wildman–Crippen MR) is 74.8 cm³/mol. The van der Waals surface area contributed by atoms with Gasteiger partial charge in [0.1, 0.15) is 11.6 Å². The van der Waals surface area contributed by atoms with Gasteiger partial charge in [-0.3, -0.25) is 0 Å². The standard InChI is InChI=1S/C17H15FO/c1-12-4-6-14(7-5-12)8-9-15-11-16(18)13(2)10-17(15)19-3/h4-7,10-11H,1-3H3. The molecule has 0 aromatic heterocycles. The van der Waals surface area contributed by atoms with Crippen molar-refractivity contribution in [3.8, 4) is 17.6 Å². The summed E-state index contributed by atoms with van der Waals surface area (Å²) in [6.45, 7) is 3.73. The largest absolute Gasteiger partial charge is 0.495 e. The van der Waals surface area contributed by atoms with Gasteiger partial charge < -0.3 is 4.74 Å². The van der Waals surface area contributed by atoms with Crippen LogP contribution in [0.15, 0.2) is 36.4 Å². The first kappa shape index (κ1) is 13.2. The van der Waals surface area contributed by atoms with E-state index >= 15 is 0 Å². The highest BCUT2D eigenvalue weighted by Gasteiger charge is 2.05. The lowest BCUT2D eigenvalue weighted by Crippen LogP contribution is -1.92. The van der Waals surface area contributed by atoms with Gasteiger partial charge >= 0.3 is 0 Å². The number of aryl methyl sites for hydroxylation is 2. The van der Waals surface area contributed by atoms with Gasteiger partial charge in [-0.2, -0.15) is 0 Å². The minimum Gasteiger partial charge on any atom is -0.495 e. The van der Waals surface area contributed by atoms with Gasteiger partial charge in [-0.15, -0.1) is 0 Å². The highest BCUT2D eigenvalue weighted by Crippen LogP contribution is 2.21. The van der Waals surface area contributed by atoms with Crippen LogP contribution in [0.3, 0.4) is 0 Å². The maximum atomic E-state index is 13.6. The Bertz CT molecular complexity index is 645. The van der Waals surface area contributed by atoms with Crippen LogP contribution in [0.2, 0.25) is 0 Å². The lowest BCUT2D eigenvalue weighted by molar-refractivity contribution is 0.412. The quantitative estimate of drug-likeness (QED) is 0.702. The van der Waals surface area contributed by atoms with Crippen LogP contribution in [0.4, 0.5) is 4.39 Å². The summed E-state index contributed by atoms with van der Waals surface area (Å²) < 4.78 is 18.8. The molecule has 0 fully saturated rings. The van der Waals surface area contributed by atoms with Crippen molar-refractivity contribution in [2.24, 2.45) is 0 Å². The molecule has 0 spiro atoms. The van der Waals surface area contributed by atoms with Gasteiger partial charge in [0, 0.05) is 5.56 Å². The number of halogens is 1. The van der Waals surface area contributed by atoms with Crippen molar-refractivity contribution in [3.05, 3.63) is 64.5 Å². The fourth-order valence-electron chi connectivity index (χ4n) is 1.70. The third-order valence-corrected chi connectivity index (χ3v) is 2.87. The number of benzene rings is 2. The highest BCUT2D eigenvalue weighted by atomic mass is 19.1. The van der Waals surface area contributed by atoms with Gasteiger partial charge in [-0.1, -0.05) is 29.5 Å². The predicted octanol–water partition coefficient (Wildman–Crippen LogP) is 3.85. The van der Waals surface area contributed by atoms with Crippen molar-refractivity contribution in [1.29, 1.82) is 0 Å². The average molecular weight is 254 g/mol. The first-order valence-corrected chi connectivity index (χ1v) is 6.03. The Morgan fingerprint density at radius 3 is 2.32 bits per heavy atom. The Balaban J connectivity index is 2.38. The molecule has 2 rings (SSSR count). The molecule has 0 atom stereocenters. The molecule has 19 heavy (non-hydrogen) atoms. The smallest absolute Gasteiger partial charge is 0.134 e. The van der Waals surface area contributed by atoms with Crippen LogP contribution in [-0.4, -0.2) is 7.11 Å². The summed E-state index contributed by atoms with van der Waals surface area (Å²) in [5, 5.41) is 0. The molecule has 2 aromatic rings. The van der Waals surface area contributed by atoms with E-state index in [4.69, 9.17) is 4.74 Å². The Labute approximate surface area is 113 Å². The minimum atomic E-state index is -0.269. The first-order valence-electron chi connectivity index (χ1n) is 6.03. The van der Waals surface area contributed by atoms with Crippen molar-refractivity contribution in [1.82, 2.24) is 0 Å². The average Bonchev–Trinajstić information content (AvgIpc) is 2.41. The summed E-state index contributed by atoms with van der Waals surface area (Å²) in [5.41, 5.74) is 3.20. The Hall–Kier alpha value is -2.27. The molecule has 96 valence electrons. The second kappa shape index (κ2) is 5.58. The molecule has 0 radical (unpaired) electrons. The normalized spacial score (nSPS) is 9.68. The zero-order valence-corrected chi connectivity index (χ0v) is 11.3. The van der Waals surface area contributed by atoms with Gasteiger partial charge in [0.2, 0.25) is 0 Å². The molecule has 0 amide bonds. The fourth-order valence-corrected chi connectivity index (χ4v) is 1.70. The fraction of sp³-hybridized carbons (Fsp3) is 0.176. The molecule has 2 aromatic carbocycles. The number of hydrogen-bond acceptors (Lipinski definition) is 1.